The van der Waals surface area contributed by atoms with Crippen LogP contribution in [-0.4, -0.2) is 59.7 Å². The number of rotatable bonds is 5. The van der Waals surface area contributed by atoms with Gasteiger partial charge in [0.1, 0.15) is 0 Å². The van der Waals surface area contributed by atoms with Crippen molar-refractivity contribution in [2.45, 2.75) is 83.3 Å². The lowest BCUT2D eigenvalue weighted by atomic mass is 9.78. The molecule has 2 fully saturated rings. The molecule has 25 heavy (non-hydrogen) atoms. The van der Waals surface area contributed by atoms with Crippen molar-refractivity contribution in [1.29, 1.82) is 0 Å². The van der Waals surface area contributed by atoms with Gasteiger partial charge in [0, 0.05) is 25.6 Å². The van der Waals surface area contributed by atoms with Gasteiger partial charge in [-0.25, -0.2) is 0 Å². The number of carbonyl (C=O) groups is 1. The quantitative estimate of drug-likeness (QED) is 0.764. The first kappa shape index (κ1) is 18.7. The molecule has 0 bridgehead atoms. The minimum Gasteiger partial charge on any atom is -0.382 e. The Balaban J connectivity index is 1.64. The maximum Gasteiger partial charge on any atom is 0.266 e. The van der Waals surface area contributed by atoms with Crippen molar-refractivity contribution in [3.8, 4) is 0 Å². The van der Waals surface area contributed by atoms with E-state index in [2.05, 4.69) is 23.9 Å². The number of amides is 1. The summed E-state index contributed by atoms with van der Waals surface area (Å²) in [6.07, 6.45) is 10.6. The van der Waals surface area contributed by atoms with Crippen LogP contribution in [0.4, 0.5) is 0 Å². The van der Waals surface area contributed by atoms with Gasteiger partial charge in [0.15, 0.2) is 0 Å². The van der Waals surface area contributed by atoms with Crippen LogP contribution in [0.2, 0.25) is 0 Å². The van der Waals surface area contributed by atoms with E-state index < -0.39 is 6.10 Å². The van der Waals surface area contributed by atoms with Crippen molar-refractivity contribution in [3.63, 3.8) is 0 Å². The van der Waals surface area contributed by atoms with Gasteiger partial charge in [0.25, 0.3) is 5.91 Å². The van der Waals surface area contributed by atoms with Crippen LogP contribution in [0, 0.1) is 5.92 Å². The Bertz CT molecular complexity index is 491. The second kappa shape index (κ2) is 8.07. The Labute approximate surface area is 152 Å². The third-order valence-corrected chi connectivity index (χ3v) is 6.35. The number of hydrogen-bond donors (Lipinski definition) is 0. The molecule has 1 atom stereocenters. The molecule has 0 aromatic heterocycles. The van der Waals surface area contributed by atoms with Crippen LogP contribution < -0.4 is 0 Å². The summed E-state index contributed by atoms with van der Waals surface area (Å²) in [5, 5.41) is 4.13. The minimum atomic E-state index is -0.413. The number of oxime groups is 1. The minimum absolute atomic E-state index is 0.0985. The molecule has 0 aromatic carbocycles. The van der Waals surface area contributed by atoms with Gasteiger partial charge in [-0.2, -0.15) is 0 Å². The van der Waals surface area contributed by atoms with E-state index >= 15 is 0 Å². The first-order valence-corrected chi connectivity index (χ1v) is 10.2. The van der Waals surface area contributed by atoms with Gasteiger partial charge in [0.2, 0.25) is 6.10 Å². The topological polar surface area (TPSA) is 45.1 Å². The van der Waals surface area contributed by atoms with Crippen LogP contribution >= 0.6 is 0 Å². The number of likely N-dealkylation sites (N-methyl/N-ethyl adjacent to an activating group) is 1. The lowest BCUT2D eigenvalue weighted by Gasteiger charge is -2.50. The number of piperidine rings is 1. The Morgan fingerprint density at radius 2 is 1.84 bits per heavy atom. The van der Waals surface area contributed by atoms with E-state index in [1.165, 1.54) is 64.5 Å². The zero-order valence-electron chi connectivity index (χ0n) is 16.3. The summed E-state index contributed by atoms with van der Waals surface area (Å²) in [6.45, 7) is 7.44. The van der Waals surface area contributed by atoms with Crippen molar-refractivity contribution in [2.75, 3.05) is 26.7 Å². The molecule has 1 unspecified atom stereocenters. The standard InChI is InChI=1S/C20H35N3O2/c1-16(2)17-14-18(25-21-17)19(24)22(3)15-20(10-6-4-7-11-20)23-12-8-5-9-13-23/h16,18H,4-15H2,1-3H3. The first-order valence-electron chi connectivity index (χ1n) is 10.2. The third-order valence-electron chi connectivity index (χ3n) is 6.35. The largest absolute Gasteiger partial charge is 0.382 e. The predicted octanol–water partition coefficient (Wildman–Crippen LogP) is 3.43. The first-order chi connectivity index (χ1) is 12.0. The lowest BCUT2D eigenvalue weighted by molar-refractivity contribution is -0.143. The molecule has 5 heteroatoms. The molecule has 5 nitrogen and oxygen atoms in total. The number of nitrogens with zero attached hydrogens (tertiary/aromatic N) is 3. The Kier molecular flexibility index (Phi) is 6.03. The van der Waals surface area contributed by atoms with Crippen LogP contribution in [0.15, 0.2) is 5.16 Å². The van der Waals surface area contributed by atoms with Gasteiger partial charge in [-0.05, 0) is 44.7 Å². The highest BCUT2D eigenvalue weighted by atomic mass is 16.6. The zero-order valence-corrected chi connectivity index (χ0v) is 16.3. The summed E-state index contributed by atoms with van der Waals surface area (Å²) in [7, 11) is 1.96. The van der Waals surface area contributed by atoms with Crippen molar-refractivity contribution < 1.29 is 9.63 Å². The molecule has 0 spiro atoms. The Hall–Kier alpha value is -1.10. The van der Waals surface area contributed by atoms with E-state index in [0.29, 0.717) is 12.3 Å². The average molecular weight is 350 g/mol. The maximum atomic E-state index is 12.9. The molecular formula is C20H35N3O2. The molecule has 1 aliphatic carbocycles. The molecule has 1 amide bonds. The van der Waals surface area contributed by atoms with Gasteiger partial charge >= 0.3 is 0 Å². The number of hydrogen-bond acceptors (Lipinski definition) is 4. The molecule has 0 N–H and O–H groups in total. The van der Waals surface area contributed by atoms with Crippen molar-refractivity contribution in [2.24, 2.45) is 11.1 Å². The van der Waals surface area contributed by atoms with Crippen molar-refractivity contribution in [3.05, 3.63) is 0 Å². The van der Waals surface area contributed by atoms with Crippen molar-refractivity contribution >= 4 is 11.6 Å². The average Bonchev–Trinajstić information content (AvgIpc) is 3.13. The molecule has 0 radical (unpaired) electrons. The van der Waals surface area contributed by atoms with Crippen LogP contribution in [0.3, 0.4) is 0 Å². The third kappa shape index (κ3) is 4.18. The Morgan fingerprint density at radius 1 is 1.20 bits per heavy atom. The molecular weight excluding hydrogens is 314 g/mol. The fourth-order valence-corrected chi connectivity index (χ4v) is 4.79. The number of carbonyl (C=O) groups excluding carboxylic acids is 1. The van der Waals surface area contributed by atoms with Crippen LogP contribution in [0.1, 0.15) is 71.6 Å². The van der Waals surface area contributed by atoms with E-state index in [9.17, 15) is 4.79 Å². The second-order valence-electron chi connectivity index (χ2n) is 8.56. The normalized spacial score (nSPS) is 27.0. The van der Waals surface area contributed by atoms with Gasteiger partial charge in [-0.3, -0.25) is 9.69 Å². The van der Waals surface area contributed by atoms with E-state index in [0.717, 1.165) is 12.3 Å². The molecule has 142 valence electrons. The summed E-state index contributed by atoms with van der Waals surface area (Å²) in [5.41, 5.74) is 1.19. The summed E-state index contributed by atoms with van der Waals surface area (Å²) in [5.74, 6) is 0.447. The predicted molar refractivity (Wildman–Crippen MR) is 101 cm³/mol. The molecule has 3 aliphatic rings. The highest BCUT2D eigenvalue weighted by molar-refractivity contribution is 5.93. The Morgan fingerprint density at radius 3 is 2.44 bits per heavy atom. The summed E-state index contributed by atoms with van der Waals surface area (Å²) < 4.78 is 0. The molecule has 0 aromatic rings. The second-order valence-corrected chi connectivity index (χ2v) is 8.56. The van der Waals surface area contributed by atoms with E-state index in [4.69, 9.17) is 4.84 Å². The summed E-state index contributed by atoms with van der Waals surface area (Å²) >= 11 is 0. The van der Waals surface area contributed by atoms with Gasteiger partial charge in [0.05, 0.1) is 5.71 Å². The molecule has 2 heterocycles. The molecule has 1 saturated heterocycles. The van der Waals surface area contributed by atoms with Crippen molar-refractivity contribution in [1.82, 2.24) is 9.80 Å². The summed E-state index contributed by atoms with van der Waals surface area (Å²) in [4.78, 5) is 23.0. The summed E-state index contributed by atoms with van der Waals surface area (Å²) in [6, 6.07) is 0. The molecule has 2 aliphatic heterocycles. The lowest BCUT2D eigenvalue weighted by Crippen LogP contribution is -2.59. The fourth-order valence-electron chi connectivity index (χ4n) is 4.79. The fraction of sp³-hybridized carbons (Fsp3) is 0.900. The molecule has 1 saturated carbocycles. The van der Waals surface area contributed by atoms with E-state index in [-0.39, 0.29) is 11.4 Å². The van der Waals surface area contributed by atoms with E-state index in [1.807, 2.05) is 11.9 Å². The van der Waals surface area contributed by atoms with Crippen LogP contribution in [0.25, 0.3) is 0 Å². The SMILES string of the molecule is CC(C)C1=NOC(C(=O)N(C)CC2(N3CCCCC3)CCCCC2)C1. The van der Waals surface area contributed by atoms with Crippen LogP contribution in [-0.2, 0) is 9.63 Å². The molecule has 3 rings (SSSR count). The number of likely N-dealkylation sites (tertiary alicyclic amines) is 1. The highest BCUT2D eigenvalue weighted by Crippen LogP contribution is 2.36. The highest BCUT2D eigenvalue weighted by Gasteiger charge is 2.41. The van der Waals surface area contributed by atoms with Crippen LogP contribution in [0.5, 0.6) is 0 Å². The monoisotopic (exact) mass is 349 g/mol. The van der Waals surface area contributed by atoms with Gasteiger partial charge in [-0.1, -0.05) is 44.7 Å². The smallest absolute Gasteiger partial charge is 0.266 e. The maximum absolute atomic E-state index is 12.9. The van der Waals surface area contributed by atoms with Gasteiger partial charge in [-0.15, -0.1) is 0 Å². The van der Waals surface area contributed by atoms with Gasteiger partial charge < -0.3 is 9.74 Å². The van der Waals surface area contributed by atoms with E-state index in [1.54, 1.807) is 0 Å². The zero-order chi connectivity index (χ0) is 17.9.